The van der Waals surface area contributed by atoms with Crippen LogP contribution in [0.15, 0.2) is 24.3 Å². The molecule has 0 rings (SSSR count). The molecule has 0 amide bonds. The second kappa shape index (κ2) is 15.8. The molecule has 0 aliphatic heterocycles. The minimum atomic E-state index is 0.826. The summed E-state index contributed by atoms with van der Waals surface area (Å²) >= 11 is 5.63. The molecule has 0 bridgehead atoms. The van der Waals surface area contributed by atoms with Gasteiger partial charge in [-0.3, -0.25) is 0 Å². The molecule has 0 aromatic rings. The van der Waals surface area contributed by atoms with E-state index in [0.29, 0.717) is 0 Å². The second-order valence-electron chi connectivity index (χ2n) is 4.60. The highest BCUT2D eigenvalue weighted by atomic mass is 35.5. The first kappa shape index (κ1) is 16.8. The van der Waals surface area contributed by atoms with Crippen LogP contribution in [0.3, 0.4) is 0 Å². The Hall–Kier alpha value is -0.230. The van der Waals surface area contributed by atoms with E-state index in [2.05, 4.69) is 31.2 Å². The van der Waals surface area contributed by atoms with Gasteiger partial charge < -0.3 is 0 Å². The quantitative estimate of drug-likeness (QED) is 0.220. The first-order valence-electron chi connectivity index (χ1n) is 7.29. The van der Waals surface area contributed by atoms with Gasteiger partial charge in [0, 0.05) is 5.88 Å². The fraction of sp³-hybridized carbons (Fsp3) is 0.750. The topological polar surface area (TPSA) is 0 Å². The molecule has 1 heteroatoms. The third-order valence-electron chi connectivity index (χ3n) is 2.86. The van der Waals surface area contributed by atoms with E-state index in [9.17, 15) is 0 Å². The maximum Gasteiger partial charge on any atom is 0.0223 e. The molecule has 0 radical (unpaired) electrons. The zero-order valence-corrected chi connectivity index (χ0v) is 12.2. The van der Waals surface area contributed by atoms with E-state index in [4.69, 9.17) is 11.6 Å². The monoisotopic (exact) mass is 256 g/mol. The number of allylic oxidation sites excluding steroid dienone is 4. The van der Waals surface area contributed by atoms with Gasteiger partial charge >= 0.3 is 0 Å². The Balaban J connectivity index is 3.11. The van der Waals surface area contributed by atoms with Crippen molar-refractivity contribution in [3.63, 3.8) is 0 Å². The van der Waals surface area contributed by atoms with Gasteiger partial charge in [0.1, 0.15) is 0 Å². The maximum absolute atomic E-state index is 5.63. The van der Waals surface area contributed by atoms with Gasteiger partial charge in [-0.2, -0.15) is 0 Å². The summed E-state index contributed by atoms with van der Waals surface area (Å²) in [5.74, 6) is 0.826. The van der Waals surface area contributed by atoms with Gasteiger partial charge in [-0.05, 0) is 25.7 Å². The number of hydrogen-bond donors (Lipinski definition) is 0. The lowest BCUT2D eigenvalue weighted by molar-refractivity contribution is 0.612. The highest BCUT2D eigenvalue weighted by molar-refractivity contribution is 6.17. The third kappa shape index (κ3) is 15.8. The number of halogens is 1. The van der Waals surface area contributed by atoms with Crippen molar-refractivity contribution in [1.29, 1.82) is 0 Å². The van der Waals surface area contributed by atoms with E-state index in [-0.39, 0.29) is 0 Å². The van der Waals surface area contributed by atoms with Crippen molar-refractivity contribution in [3.8, 4) is 0 Å². The van der Waals surface area contributed by atoms with Crippen molar-refractivity contribution in [2.45, 2.75) is 71.1 Å². The zero-order chi connectivity index (χ0) is 12.6. The Morgan fingerprint density at radius 2 is 1.24 bits per heavy atom. The summed E-state index contributed by atoms with van der Waals surface area (Å²) in [5, 5.41) is 0. The predicted octanol–water partition coefficient (Wildman–Crippen LogP) is 6.26. The average Bonchev–Trinajstić information content (AvgIpc) is 2.35. The Kier molecular flexibility index (Phi) is 15.6. The predicted molar refractivity (Wildman–Crippen MR) is 80.8 cm³/mol. The lowest BCUT2D eigenvalue weighted by Crippen LogP contribution is -1.80. The van der Waals surface area contributed by atoms with Crippen molar-refractivity contribution in [2.75, 3.05) is 5.88 Å². The van der Waals surface area contributed by atoms with Gasteiger partial charge in [0.25, 0.3) is 0 Å². The van der Waals surface area contributed by atoms with Crippen molar-refractivity contribution in [2.24, 2.45) is 0 Å². The molecular formula is C16H29Cl. The molecule has 0 fully saturated rings. The van der Waals surface area contributed by atoms with Crippen LogP contribution in [0, 0.1) is 0 Å². The fourth-order valence-corrected chi connectivity index (χ4v) is 1.92. The molecule has 0 unspecified atom stereocenters. The fourth-order valence-electron chi connectivity index (χ4n) is 1.74. The van der Waals surface area contributed by atoms with Crippen LogP contribution in [0.5, 0.6) is 0 Å². The van der Waals surface area contributed by atoms with Crippen LogP contribution in [0.25, 0.3) is 0 Å². The molecule has 0 saturated carbocycles. The average molecular weight is 257 g/mol. The highest BCUT2D eigenvalue weighted by Crippen LogP contribution is 2.08. The molecule has 0 heterocycles. The largest absolute Gasteiger partial charge is 0.127 e. The standard InChI is InChI=1S/C16H29Cl/c1-2-3-4-5-6-7-8-9-10-11-12-13-14-15-16-17/h5-8H,2-4,9-16H2,1H3/b6-5-,8-7+. The van der Waals surface area contributed by atoms with Crippen molar-refractivity contribution < 1.29 is 0 Å². The highest BCUT2D eigenvalue weighted by Gasteiger charge is 1.89. The maximum atomic E-state index is 5.63. The smallest absolute Gasteiger partial charge is 0.0223 e. The van der Waals surface area contributed by atoms with Crippen molar-refractivity contribution in [3.05, 3.63) is 24.3 Å². The summed E-state index contributed by atoms with van der Waals surface area (Å²) in [4.78, 5) is 0. The summed E-state index contributed by atoms with van der Waals surface area (Å²) in [6.07, 6.45) is 21.9. The lowest BCUT2D eigenvalue weighted by atomic mass is 10.1. The number of hydrogen-bond acceptors (Lipinski definition) is 0. The number of rotatable bonds is 12. The molecule has 0 aromatic heterocycles. The summed E-state index contributed by atoms with van der Waals surface area (Å²) in [7, 11) is 0. The van der Waals surface area contributed by atoms with Crippen LogP contribution in [-0.4, -0.2) is 5.88 Å². The van der Waals surface area contributed by atoms with Gasteiger partial charge in [0.05, 0.1) is 0 Å². The third-order valence-corrected chi connectivity index (χ3v) is 3.13. The molecule has 0 N–H and O–H groups in total. The summed E-state index contributed by atoms with van der Waals surface area (Å²) in [5.41, 5.74) is 0. The zero-order valence-electron chi connectivity index (χ0n) is 11.5. The van der Waals surface area contributed by atoms with Crippen LogP contribution < -0.4 is 0 Å². The first-order valence-corrected chi connectivity index (χ1v) is 7.83. The molecular weight excluding hydrogens is 228 g/mol. The molecule has 0 atom stereocenters. The molecule has 17 heavy (non-hydrogen) atoms. The van der Waals surface area contributed by atoms with Gasteiger partial charge in [0.2, 0.25) is 0 Å². The Morgan fingerprint density at radius 3 is 1.82 bits per heavy atom. The van der Waals surface area contributed by atoms with Gasteiger partial charge in [-0.25, -0.2) is 0 Å². The normalized spacial score (nSPS) is 11.9. The van der Waals surface area contributed by atoms with Crippen molar-refractivity contribution >= 4 is 11.6 Å². The van der Waals surface area contributed by atoms with Gasteiger partial charge in [0.15, 0.2) is 0 Å². The minimum Gasteiger partial charge on any atom is -0.127 e. The SMILES string of the molecule is CCCC/C=C\C=C\CCCCCCCCCl. The van der Waals surface area contributed by atoms with Crippen LogP contribution >= 0.6 is 11.6 Å². The van der Waals surface area contributed by atoms with E-state index in [1.54, 1.807) is 0 Å². The Morgan fingerprint density at radius 1 is 0.706 bits per heavy atom. The van der Waals surface area contributed by atoms with Crippen LogP contribution in [0.4, 0.5) is 0 Å². The van der Waals surface area contributed by atoms with E-state index in [0.717, 1.165) is 5.88 Å². The summed E-state index contributed by atoms with van der Waals surface area (Å²) in [6.45, 7) is 2.23. The molecule has 0 aliphatic rings. The Bertz CT molecular complexity index is 182. The van der Waals surface area contributed by atoms with Gasteiger partial charge in [-0.1, -0.05) is 69.8 Å². The number of unbranched alkanes of at least 4 members (excludes halogenated alkanes) is 8. The molecule has 0 nitrogen and oxygen atoms in total. The minimum absolute atomic E-state index is 0.826. The van der Waals surface area contributed by atoms with Crippen LogP contribution in [-0.2, 0) is 0 Å². The van der Waals surface area contributed by atoms with E-state index in [1.807, 2.05) is 0 Å². The van der Waals surface area contributed by atoms with Crippen LogP contribution in [0.1, 0.15) is 71.1 Å². The molecule has 0 aromatic carbocycles. The molecule has 0 aliphatic carbocycles. The van der Waals surface area contributed by atoms with Crippen molar-refractivity contribution in [1.82, 2.24) is 0 Å². The summed E-state index contributed by atoms with van der Waals surface area (Å²) in [6, 6.07) is 0. The van der Waals surface area contributed by atoms with E-state index >= 15 is 0 Å². The second-order valence-corrected chi connectivity index (χ2v) is 4.98. The van der Waals surface area contributed by atoms with E-state index < -0.39 is 0 Å². The number of alkyl halides is 1. The molecule has 100 valence electrons. The van der Waals surface area contributed by atoms with E-state index in [1.165, 1.54) is 64.2 Å². The molecule has 0 spiro atoms. The van der Waals surface area contributed by atoms with Gasteiger partial charge in [-0.15, -0.1) is 11.6 Å². The summed E-state index contributed by atoms with van der Waals surface area (Å²) < 4.78 is 0. The van der Waals surface area contributed by atoms with Crippen LogP contribution in [0.2, 0.25) is 0 Å². The first-order chi connectivity index (χ1) is 8.41. The Labute approximate surface area is 113 Å². The lowest BCUT2D eigenvalue weighted by Gasteiger charge is -1.98. The molecule has 0 saturated heterocycles.